The predicted octanol–water partition coefficient (Wildman–Crippen LogP) is 2.60. The van der Waals surface area contributed by atoms with E-state index in [-0.39, 0.29) is 0 Å². The topological polar surface area (TPSA) is 30.5 Å². The molecule has 1 saturated heterocycles. The molecule has 2 aliphatic rings. The van der Waals surface area contributed by atoms with Crippen molar-refractivity contribution < 1.29 is 9.47 Å². The normalized spacial score (nSPS) is 33.8. The van der Waals surface area contributed by atoms with Crippen molar-refractivity contribution in [3.05, 3.63) is 0 Å². The largest absolute Gasteiger partial charge is 0.382 e. The minimum absolute atomic E-state index is 0.311. The van der Waals surface area contributed by atoms with E-state index in [1.807, 2.05) is 7.11 Å². The number of hydrogen-bond acceptors (Lipinski definition) is 3. The highest BCUT2D eigenvalue weighted by Crippen LogP contribution is 2.50. The average molecular weight is 255 g/mol. The van der Waals surface area contributed by atoms with Crippen LogP contribution in [-0.4, -0.2) is 39.0 Å². The van der Waals surface area contributed by atoms with Gasteiger partial charge in [0.05, 0.1) is 12.2 Å². The SMILES string of the molecule is CCCNCC1(CC(C)OC)CCOC1C1CC1. The zero-order valence-corrected chi connectivity index (χ0v) is 12.2. The van der Waals surface area contributed by atoms with Crippen molar-refractivity contribution in [1.29, 1.82) is 0 Å². The maximum Gasteiger partial charge on any atom is 0.0673 e. The number of hydrogen-bond donors (Lipinski definition) is 1. The van der Waals surface area contributed by atoms with Gasteiger partial charge in [0.25, 0.3) is 0 Å². The maximum atomic E-state index is 6.07. The number of nitrogens with one attached hydrogen (secondary N) is 1. The van der Waals surface area contributed by atoms with Gasteiger partial charge in [-0.1, -0.05) is 6.92 Å². The molecule has 0 aromatic rings. The fourth-order valence-electron chi connectivity index (χ4n) is 3.39. The van der Waals surface area contributed by atoms with Crippen LogP contribution in [-0.2, 0) is 9.47 Å². The quantitative estimate of drug-likeness (QED) is 0.676. The van der Waals surface area contributed by atoms with Crippen LogP contribution in [0.4, 0.5) is 0 Å². The molecular formula is C15H29NO2. The van der Waals surface area contributed by atoms with E-state index >= 15 is 0 Å². The van der Waals surface area contributed by atoms with Crippen LogP contribution in [0.15, 0.2) is 0 Å². The summed E-state index contributed by atoms with van der Waals surface area (Å²) in [5, 5.41) is 3.62. The molecule has 1 aliphatic heterocycles. The van der Waals surface area contributed by atoms with Crippen molar-refractivity contribution in [2.75, 3.05) is 26.8 Å². The van der Waals surface area contributed by atoms with Crippen molar-refractivity contribution in [3.8, 4) is 0 Å². The Balaban J connectivity index is 2.00. The molecule has 18 heavy (non-hydrogen) atoms. The van der Waals surface area contributed by atoms with Crippen LogP contribution in [0.1, 0.15) is 46.0 Å². The van der Waals surface area contributed by atoms with E-state index in [9.17, 15) is 0 Å². The molecule has 3 heteroatoms. The number of methoxy groups -OCH3 is 1. The Kier molecular flexibility index (Phi) is 5.05. The number of ether oxygens (including phenoxy) is 2. The van der Waals surface area contributed by atoms with Crippen LogP contribution < -0.4 is 5.32 Å². The summed E-state index contributed by atoms with van der Waals surface area (Å²) in [5.74, 6) is 0.819. The minimum atomic E-state index is 0.311. The molecule has 106 valence electrons. The van der Waals surface area contributed by atoms with Crippen LogP contribution in [0.3, 0.4) is 0 Å². The first-order valence-electron chi connectivity index (χ1n) is 7.57. The monoisotopic (exact) mass is 255 g/mol. The summed E-state index contributed by atoms with van der Waals surface area (Å²) in [6, 6.07) is 0. The van der Waals surface area contributed by atoms with Crippen LogP contribution in [0, 0.1) is 11.3 Å². The summed E-state index contributed by atoms with van der Waals surface area (Å²) in [6.07, 6.45) is 7.05. The molecular weight excluding hydrogens is 226 g/mol. The van der Waals surface area contributed by atoms with Gasteiger partial charge < -0.3 is 14.8 Å². The molecule has 1 saturated carbocycles. The molecule has 0 aromatic carbocycles. The molecule has 3 unspecified atom stereocenters. The van der Waals surface area contributed by atoms with Crippen LogP contribution >= 0.6 is 0 Å². The molecule has 1 N–H and O–H groups in total. The molecule has 0 spiro atoms. The average Bonchev–Trinajstić information content (AvgIpc) is 3.13. The molecule has 0 bridgehead atoms. The lowest BCUT2D eigenvalue weighted by molar-refractivity contribution is -0.00485. The Morgan fingerprint density at radius 3 is 2.83 bits per heavy atom. The Labute approximate surface area is 112 Å². The van der Waals surface area contributed by atoms with Crippen molar-refractivity contribution in [3.63, 3.8) is 0 Å². The Morgan fingerprint density at radius 1 is 1.44 bits per heavy atom. The van der Waals surface area contributed by atoms with E-state index in [2.05, 4.69) is 19.2 Å². The van der Waals surface area contributed by atoms with Crippen LogP contribution in [0.2, 0.25) is 0 Å². The van der Waals surface area contributed by atoms with Crippen molar-refractivity contribution >= 4 is 0 Å². The molecule has 3 nitrogen and oxygen atoms in total. The van der Waals surface area contributed by atoms with Gasteiger partial charge in [-0.3, -0.25) is 0 Å². The first kappa shape index (κ1) is 14.3. The predicted molar refractivity (Wildman–Crippen MR) is 73.8 cm³/mol. The summed E-state index contributed by atoms with van der Waals surface area (Å²) in [6.45, 7) is 7.55. The smallest absolute Gasteiger partial charge is 0.0673 e. The summed E-state index contributed by atoms with van der Waals surface area (Å²) in [4.78, 5) is 0. The molecule has 0 amide bonds. The third kappa shape index (κ3) is 3.25. The highest BCUT2D eigenvalue weighted by molar-refractivity contribution is 5.01. The second-order valence-corrected chi connectivity index (χ2v) is 6.17. The van der Waals surface area contributed by atoms with Gasteiger partial charge in [-0.25, -0.2) is 0 Å². The molecule has 1 heterocycles. The van der Waals surface area contributed by atoms with Gasteiger partial charge in [-0.05, 0) is 51.5 Å². The third-order valence-corrected chi connectivity index (χ3v) is 4.55. The first-order chi connectivity index (χ1) is 8.72. The minimum Gasteiger partial charge on any atom is -0.382 e. The molecule has 0 radical (unpaired) electrons. The zero-order valence-electron chi connectivity index (χ0n) is 12.2. The van der Waals surface area contributed by atoms with Gasteiger partial charge in [0, 0.05) is 25.7 Å². The Hall–Kier alpha value is -0.120. The Morgan fingerprint density at radius 2 is 2.22 bits per heavy atom. The van der Waals surface area contributed by atoms with E-state index < -0.39 is 0 Å². The van der Waals surface area contributed by atoms with Gasteiger partial charge in [0.1, 0.15) is 0 Å². The molecule has 2 fully saturated rings. The summed E-state index contributed by atoms with van der Waals surface area (Å²) >= 11 is 0. The standard InChI is InChI=1S/C15H29NO2/c1-4-8-16-11-15(10-12(2)17-3)7-9-18-14(15)13-5-6-13/h12-14,16H,4-11H2,1-3H3. The van der Waals surface area contributed by atoms with Gasteiger partial charge in [-0.15, -0.1) is 0 Å². The summed E-state index contributed by atoms with van der Waals surface area (Å²) in [5.41, 5.74) is 0.311. The second kappa shape index (κ2) is 6.36. The van der Waals surface area contributed by atoms with Gasteiger partial charge >= 0.3 is 0 Å². The van der Waals surface area contributed by atoms with E-state index in [1.165, 1.54) is 25.7 Å². The Bertz CT molecular complexity index is 255. The molecule has 0 aromatic heterocycles. The van der Waals surface area contributed by atoms with Crippen LogP contribution in [0.5, 0.6) is 0 Å². The van der Waals surface area contributed by atoms with Crippen molar-refractivity contribution in [2.24, 2.45) is 11.3 Å². The first-order valence-corrected chi connectivity index (χ1v) is 7.57. The lowest BCUT2D eigenvalue weighted by atomic mass is 9.74. The fraction of sp³-hybridized carbons (Fsp3) is 1.00. The fourth-order valence-corrected chi connectivity index (χ4v) is 3.39. The maximum absolute atomic E-state index is 6.07. The zero-order chi connectivity index (χ0) is 13.0. The van der Waals surface area contributed by atoms with Gasteiger partial charge in [0.15, 0.2) is 0 Å². The lowest BCUT2D eigenvalue weighted by Crippen LogP contribution is -2.44. The van der Waals surface area contributed by atoms with Crippen LogP contribution in [0.25, 0.3) is 0 Å². The third-order valence-electron chi connectivity index (χ3n) is 4.55. The van der Waals surface area contributed by atoms with E-state index in [0.717, 1.165) is 32.0 Å². The van der Waals surface area contributed by atoms with Crippen molar-refractivity contribution in [1.82, 2.24) is 5.32 Å². The van der Waals surface area contributed by atoms with E-state index in [1.54, 1.807) is 0 Å². The molecule has 3 atom stereocenters. The van der Waals surface area contributed by atoms with Gasteiger partial charge in [-0.2, -0.15) is 0 Å². The van der Waals surface area contributed by atoms with Gasteiger partial charge in [0.2, 0.25) is 0 Å². The van der Waals surface area contributed by atoms with E-state index in [0.29, 0.717) is 17.6 Å². The summed E-state index contributed by atoms with van der Waals surface area (Å²) < 4.78 is 11.6. The lowest BCUT2D eigenvalue weighted by Gasteiger charge is -2.36. The highest BCUT2D eigenvalue weighted by atomic mass is 16.5. The van der Waals surface area contributed by atoms with Crippen molar-refractivity contribution in [2.45, 2.75) is 58.2 Å². The highest BCUT2D eigenvalue weighted by Gasteiger charge is 2.51. The molecule has 2 rings (SSSR count). The number of rotatable bonds is 8. The molecule has 1 aliphatic carbocycles. The van der Waals surface area contributed by atoms with E-state index in [4.69, 9.17) is 9.47 Å². The summed E-state index contributed by atoms with van der Waals surface area (Å²) in [7, 11) is 1.82. The second-order valence-electron chi connectivity index (χ2n) is 6.17.